The number of sulfonamides is 1. The minimum atomic E-state index is -3.78. The Kier molecular flexibility index (Phi) is 5.08. The van der Waals surface area contributed by atoms with Gasteiger partial charge in [0.25, 0.3) is 0 Å². The number of carbonyl (C=O) groups is 1. The third-order valence-corrected chi connectivity index (χ3v) is 6.03. The van der Waals surface area contributed by atoms with Crippen molar-refractivity contribution in [2.45, 2.75) is 36.3 Å². The number of rotatable bonds is 5. The van der Waals surface area contributed by atoms with Crippen LogP contribution in [0.1, 0.15) is 29.2 Å². The Morgan fingerprint density at radius 1 is 1.19 bits per heavy atom. The molecule has 2 aromatic carbocycles. The normalized spacial score (nSPS) is 18.2. The fraction of sp³-hybridized carbons (Fsp3) is 0.278. The summed E-state index contributed by atoms with van der Waals surface area (Å²) >= 11 is 0. The molecule has 8 heteroatoms. The lowest BCUT2D eigenvalue weighted by Crippen LogP contribution is -2.39. The van der Waals surface area contributed by atoms with Crippen molar-refractivity contribution < 1.29 is 27.8 Å². The van der Waals surface area contributed by atoms with Crippen LogP contribution in [-0.4, -0.2) is 30.6 Å². The fourth-order valence-electron chi connectivity index (χ4n) is 3.23. The number of aliphatic hydroxyl groups is 1. The molecule has 1 aliphatic carbocycles. The highest BCUT2D eigenvalue weighted by atomic mass is 32.2. The molecule has 2 atom stereocenters. The number of aliphatic carboxylic acids is 1. The van der Waals surface area contributed by atoms with Gasteiger partial charge < -0.3 is 10.2 Å². The van der Waals surface area contributed by atoms with Gasteiger partial charge in [0.05, 0.1) is 4.90 Å². The molecule has 26 heavy (non-hydrogen) atoms. The van der Waals surface area contributed by atoms with Crippen LogP contribution in [0.25, 0.3) is 0 Å². The molecule has 0 fully saturated rings. The zero-order chi connectivity index (χ0) is 18.9. The summed E-state index contributed by atoms with van der Waals surface area (Å²) in [5.74, 6) is -1.84. The Balaban J connectivity index is 1.80. The van der Waals surface area contributed by atoms with Crippen LogP contribution < -0.4 is 4.72 Å². The van der Waals surface area contributed by atoms with Gasteiger partial charge >= 0.3 is 5.97 Å². The van der Waals surface area contributed by atoms with Crippen LogP contribution in [0.5, 0.6) is 0 Å². The van der Waals surface area contributed by atoms with Gasteiger partial charge in [-0.1, -0.05) is 18.2 Å². The molecule has 2 unspecified atom stereocenters. The van der Waals surface area contributed by atoms with E-state index in [4.69, 9.17) is 5.11 Å². The summed E-state index contributed by atoms with van der Waals surface area (Å²) < 4.78 is 40.5. The average molecular weight is 379 g/mol. The van der Waals surface area contributed by atoms with Crippen molar-refractivity contribution in [3.05, 3.63) is 65.0 Å². The van der Waals surface area contributed by atoms with Crippen molar-refractivity contribution >= 4 is 16.0 Å². The highest BCUT2D eigenvalue weighted by Crippen LogP contribution is 2.29. The van der Waals surface area contributed by atoms with Crippen molar-refractivity contribution in [1.29, 1.82) is 0 Å². The van der Waals surface area contributed by atoms with Crippen LogP contribution in [0, 0.1) is 5.82 Å². The van der Waals surface area contributed by atoms with Crippen molar-refractivity contribution in [3.8, 4) is 0 Å². The van der Waals surface area contributed by atoms with Gasteiger partial charge in [-0.2, -0.15) is 0 Å². The molecule has 0 amide bonds. The van der Waals surface area contributed by atoms with Crippen molar-refractivity contribution in [2.24, 2.45) is 0 Å². The largest absolute Gasteiger partial charge is 0.479 e. The number of hydrogen-bond donors (Lipinski definition) is 3. The first-order valence-corrected chi connectivity index (χ1v) is 9.55. The maximum atomic E-state index is 13.0. The number of aliphatic hydroxyl groups excluding tert-OH is 1. The smallest absolute Gasteiger partial charge is 0.337 e. The molecule has 0 aliphatic heterocycles. The Bertz CT molecular complexity index is 927. The Morgan fingerprint density at radius 3 is 2.54 bits per heavy atom. The maximum Gasteiger partial charge on any atom is 0.337 e. The second-order valence-electron chi connectivity index (χ2n) is 6.24. The first-order chi connectivity index (χ1) is 12.3. The van der Waals surface area contributed by atoms with Gasteiger partial charge in [0.15, 0.2) is 6.10 Å². The van der Waals surface area contributed by atoms with E-state index in [0.717, 1.165) is 23.3 Å². The van der Waals surface area contributed by atoms with Crippen molar-refractivity contribution in [2.75, 3.05) is 0 Å². The maximum absolute atomic E-state index is 13.0. The molecule has 0 saturated carbocycles. The quantitative estimate of drug-likeness (QED) is 0.735. The fourth-order valence-corrected chi connectivity index (χ4v) is 4.50. The molecule has 0 heterocycles. The zero-order valence-electron chi connectivity index (χ0n) is 13.7. The minimum Gasteiger partial charge on any atom is -0.479 e. The zero-order valence-corrected chi connectivity index (χ0v) is 14.5. The Labute approximate surface area is 150 Å². The van der Waals surface area contributed by atoms with Crippen LogP contribution in [-0.2, 0) is 27.7 Å². The van der Waals surface area contributed by atoms with E-state index >= 15 is 0 Å². The third kappa shape index (κ3) is 3.77. The van der Waals surface area contributed by atoms with Gasteiger partial charge in [-0.25, -0.2) is 22.3 Å². The number of halogens is 1. The van der Waals surface area contributed by atoms with Gasteiger partial charge in [-0.15, -0.1) is 0 Å². The van der Waals surface area contributed by atoms with E-state index in [9.17, 15) is 22.7 Å². The highest BCUT2D eigenvalue weighted by molar-refractivity contribution is 7.89. The summed E-state index contributed by atoms with van der Waals surface area (Å²) in [4.78, 5) is 11.0. The van der Waals surface area contributed by atoms with Crippen LogP contribution in [0.3, 0.4) is 0 Å². The Morgan fingerprint density at radius 2 is 1.88 bits per heavy atom. The molecule has 0 spiro atoms. The molecular weight excluding hydrogens is 361 g/mol. The lowest BCUT2D eigenvalue weighted by molar-refractivity contribution is -0.147. The van der Waals surface area contributed by atoms with E-state index in [1.165, 1.54) is 12.1 Å². The van der Waals surface area contributed by atoms with Gasteiger partial charge in [0.1, 0.15) is 5.82 Å². The molecule has 3 N–H and O–H groups in total. The molecule has 0 radical (unpaired) electrons. The van der Waals surface area contributed by atoms with Crippen LogP contribution in [0.2, 0.25) is 0 Å². The van der Waals surface area contributed by atoms with Gasteiger partial charge in [-0.05, 0) is 60.2 Å². The number of benzene rings is 2. The van der Waals surface area contributed by atoms with E-state index in [-0.39, 0.29) is 10.9 Å². The predicted molar refractivity (Wildman–Crippen MR) is 91.6 cm³/mol. The number of hydrogen-bond acceptors (Lipinski definition) is 4. The van der Waals surface area contributed by atoms with E-state index in [1.807, 2.05) is 0 Å². The Hall–Kier alpha value is -2.29. The number of nitrogens with one attached hydrogen (secondary N) is 1. The number of fused-ring (bicyclic) bond motifs is 1. The monoisotopic (exact) mass is 379 g/mol. The predicted octanol–water partition coefficient (Wildman–Crippen LogP) is 1.78. The summed E-state index contributed by atoms with van der Waals surface area (Å²) in [5, 5.41) is 18.9. The highest BCUT2D eigenvalue weighted by Gasteiger charge is 2.28. The molecule has 0 bridgehead atoms. The van der Waals surface area contributed by atoms with E-state index in [2.05, 4.69) is 4.72 Å². The lowest BCUT2D eigenvalue weighted by atomic mass is 9.84. The van der Waals surface area contributed by atoms with Crippen molar-refractivity contribution in [1.82, 2.24) is 4.72 Å². The van der Waals surface area contributed by atoms with Gasteiger partial charge in [-0.3, -0.25) is 0 Å². The number of carboxylic acid groups (broad SMARTS) is 1. The van der Waals surface area contributed by atoms with Gasteiger partial charge in [0.2, 0.25) is 10.0 Å². The van der Waals surface area contributed by atoms with Crippen LogP contribution >= 0.6 is 0 Å². The SMILES string of the molecule is O=C(O)C(O)c1cccc2c1CCC(NS(=O)(=O)c1ccc(F)cc1)C2. The summed E-state index contributed by atoms with van der Waals surface area (Å²) in [6.07, 6.45) is -0.295. The molecule has 1 aliphatic rings. The molecule has 138 valence electrons. The standard InChI is InChI=1S/C18H18FNO5S/c19-12-4-7-14(8-5-12)26(24,25)20-13-6-9-15-11(10-13)2-1-3-16(15)17(21)18(22)23/h1-5,7-8,13,17,20-21H,6,9-10H2,(H,22,23). The lowest BCUT2D eigenvalue weighted by Gasteiger charge is -2.27. The summed E-state index contributed by atoms with van der Waals surface area (Å²) in [5.41, 5.74) is 1.90. The first kappa shape index (κ1) is 18.5. The van der Waals surface area contributed by atoms with Crippen LogP contribution in [0.4, 0.5) is 4.39 Å². The van der Waals surface area contributed by atoms with E-state index in [0.29, 0.717) is 24.8 Å². The molecule has 0 aromatic heterocycles. The van der Waals surface area contributed by atoms with Crippen LogP contribution in [0.15, 0.2) is 47.4 Å². The third-order valence-electron chi connectivity index (χ3n) is 4.49. The molecule has 6 nitrogen and oxygen atoms in total. The minimum absolute atomic E-state index is 0.0141. The number of carboxylic acids is 1. The molecular formula is C18H18FNO5S. The first-order valence-electron chi connectivity index (χ1n) is 8.07. The molecule has 0 saturated heterocycles. The molecule has 3 rings (SSSR count). The second kappa shape index (κ2) is 7.14. The molecule has 2 aromatic rings. The topological polar surface area (TPSA) is 104 Å². The van der Waals surface area contributed by atoms with Crippen molar-refractivity contribution in [3.63, 3.8) is 0 Å². The average Bonchev–Trinajstić information content (AvgIpc) is 2.60. The summed E-state index contributed by atoms with van der Waals surface area (Å²) in [6.45, 7) is 0. The summed E-state index contributed by atoms with van der Waals surface area (Å²) in [6, 6.07) is 9.23. The second-order valence-corrected chi connectivity index (χ2v) is 7.95. The van der Waals surface area contributed by atoms with E-state index in [1.54, 1.807) is 18.2 Å². The van der Waals surface area contributed by atoms with Gasteiger partial charge in [0, 0.05) is 6.04 Å². The van der Waals surface area contributed by atoms with E-state index < -0.39 is 27.9 Å². The summed E-state index contributed by atoms with van der Waals surface area (Å²) in [7, 11) is -3.78.